The van der Waals surface area contributed by atoms with Crippen molar-refractivity contribution in [3.05, 3.63) is 23.1 Å². The molecule has 0 saturated carbocycles. The molecule has 1 N–H and O–H groups in total. The molecule has 17 heavy (non-hydrogen) atoms. The maximum Gasteiger partial charge on any atom is 0.301 e. The molecule has 1 aromatic rings. The highest BCUT2D eigenvalue weighted by atomic mass is 16.4. The maximum atomic E-state index is 11.9. The number of unbranched alkanes of at least 4 members (excludes halogenated alkanes) is 1. The van der Waals surface area contributed by atoms with Gasteiger partial charge in [0.25, 0.3) is 5.91 Å². The largest absolute Gasteiger partial charge is 0.432 e. The van der Waals surface area contributed by atoms with E-state index in [4.69, 9.17) is 4.42 Å². The average molecular weight is 236 g/mol. The molecule has 4 heteroatoms. The number of hydrogen-bond donors (Lipinski definition) is 1. The Morgan fingerprint density at radius 3 is 2.71 bits per heavy atom. The Morgan fingerprint density at radius 1 is 1.47 bits per heavy atom. The lowest BCUT2D eigenvalue weighted by atomic mass is 10.0. The number of aromatic nitrogens is 1. The Bertz CT molecular complexity index is 419. The molecule has 94 valence electrons. The van der Waals surface area contributed by atoms with E-state index >= 15 is 0 Å². The van der Waals surface area contributed by atoms with Gasteiger partial charge in [0.15, 0.2) is 0 Å². The van der Waals surface area contributed by atoms with Crippen LogP contribution in [0, 0.1) is 6.92 Å². The summed E-state index contributed by atoms with van der Waals surface area (Å²) in [4.78, 5) is 15.9. The van der Waals surface area contributed by atoms with Gasteiger partial charge in [0.1, 0.15) is 6.26 Å². The number of allylic oxidation sites excluding steroid dienone is 1. The Morgan fingerprint density at radius 2 is 2.18 bits per heavy atom. The van der Waals surface area contributed by atoms with Gasteiger partial charge in [-0.2, -0.15) is 4.98 Å². The van der Waals surface area contributed by atoms with Crippen molar-refractivity contribution in [3.8, 4) is 0 Å². The van der Waals surface area contributed by atoms with Crippen LogP contribution < -0.4 is 5.32 Å². The fourth-order valence-corrected chi connectivity index (χ4v) is 1.43. The summed E-state index contributed by atoms with van der Waals surface area (Å²) in [6.07, 6.45) is 4.71. The van der Waals surface area contributed by atoms with Crippen LogP contribution in [0.3, 0.4) is 0 Å². The summed E-state index contributed by atoms with van der Waals surface area (Å²) in [6.45, 7) is 7.77. The molecule has 0 spiro atoms. The van der Waals surface area contributed by atoms with Crippen LogP contribution in [0.2, 0.25) is 0 Å². The first-order chi connectivity index (χ1) is 8.04. The van der Waals surface area contributed by atoms with Crippen LogP contribution in [0.25, 0.3) is 0 Å². The Balaban J connectivity index is 2.63. The molecule has 0 fully saturated rings. The molecule has 0 aliphatic heterocycles. The van der Waals surface area contributed by atoms with Gasteiger partial charge in [-0.15, -0.1) is 0 Å². The third kappa shape index (κ3) is 4.06. The van der Waals surface area contributed by atoms with Crippen LogP contribution >= 0.6 is 0 Å². The molecule has 1 amide bonds. The van der Waals surface area contributed by atoms with E-state index in [1.165, 1.54) is 6.26 Å². The molecule has 0 aliphatic rings. The lowest BCUT2D eigenvalue weighted by Crippen LogP contribution is -2.14. The average Bonchev–Trinajstić information content (AvgIpc) is 2.70. The van der Waals surface area contributed by atoms with Crippen LogP contribution in [0.1, 0.15) is 45.7 Å². The van der Waals surface area contributed by atoms with Crippen LogP contribution in [-0.4, -0.2) is 10.9 Å². The highest BCUT2D eigenvalue weighted by Gasteiger charge is 2.10. The van der Waals surface area contributed by atoms with Crippen molar-refractivity contribution < 1.29 is 9.21 Å². The first-order valence-electron chi connectivity index (χ1n) is 5.94. The van der Waals surface area contributed by atoms with Gasteiger partial charge in [-0.25, -0.2) is 0 Å². The van der Waals surface area contributed by atoms with Gasteiger partial charge in [0.2, 0.25) is 0 Å². The number of hydrogen-bond acceptors (Lipinski definition) is 3. The Labute approximate surface area is 102 Å². The summed E-state index contributed by atoms with van der Waals surface area (Å²) in [6, 6.07) is 0.259. The number of oxazole rings is 1. The maximum absolute atomic E-state index is 11.9. The van der Waals surface area contributed by atoms with Gasteiger partial charge in [-0.05, 0) is 33.6 Å². The van der Waals surface area contributed by atoms with E-state index in [0.29, 0.717) is 0 Å². The van der Waals surface area contributed by atoms with Crippen LogP contribution in [0.4, 0.5) is 6.01 Å². The molecule has 0 aromatic carbocycles. The molecule has 0 radical (unpaired) electrons. The number of nitrogens with zero attached hydrogens (tertiary/aromatic N) is 1. The molecule has 0 atom stereocenters. The van der Waals surface area contributed by atoms with Gasteiger partial charge in [0.05, 0.1) is 5.69 Å². The number of rotatable bonds is 5. The van der Waals surface area contributed by atoms with Gasteiger partial charge in [0, 0.05) is 5.57 Å². The predicted octanol–water partition coefficient (Wildman–Crippen LogP) is 3.45. The predicted molar refractivity (Wildman–Crippen MR) is 67.8 cm³/mol. The van der Waals surface area contributed by atoms with Gasteiger partial charge < -0.3 is 4.42 Å². The summed E-state index contributed by atoms with van der Waals surface area (Å²) in [5.74, 6) is -0.138. The van der Waals surface area contributed by atoms with Crippen molar-refractivity contribution in [2.75, 3.05) is 5.32 Å². The normalized spacial score (nSPS) is 12.2. The van der Waals surface area contributed by atoms with E-state index in [1.54, 1.807) is 0 Å². The molecule has 0 bridgehead atoms. The van der Waals surface area contributed by atoms with Gasteiger partial charge in [-0.3, -0.25) is 10.1 Å². The minimum atomic E-state index is -0.138. The molecular weight excluding hydrogens is 216 g/mol. The number of amides is 1. The third-order valence-corrected chi connectivity index (χ3v) is 2.73. The van der Waals surface area contributed by atoms with E-state index in [1.807, 2.05) is 20.8 Å². The van der Waals surface area contributed by atoms with E-state index in [9.17, 15) is 4.79 Å². The molecule has 0 saturated heterocycles. The van der Waals surface area contributed by atoms with Crippen LogP contribution in [-0.2, 0) is 4.79 Å². The van der Waals surface area contributed by atoms with Crippen molar-refractivity contribution in [3.63, 3.8) is 0 Å². The van der Waals surface area contributed by atoms with Gasteiger partial charge in [-0.1, -0.05) is 18.9 Å². The molecule has 0 unspecified atom stereocenters. The molecule has 4 nitrogen and oxygen atoms in total. The lowest BCUT2D eigenvalue weighted by molar-refractivity contribution is -0.113. The highest BCUT2D eigenvalue weighted by Crippen LogP contribution is 2.14. The second kappa shape index (κ2) is 6.23. The summed E-state index contributed by atoms with van der Waals surface area (Å²) in [7, 11) is 0. The van der Waals surface area contributed by atoms with Crippen molar-refractivity contribution in [1.82, 2.24) is 4.98 Å². The van der Waals surface area contributed by atoms with Crippen molar-refractivity contribution in [2.45, 2.75) is 47.0 Å². The molecule has 0 aliphatic carbocycles. The fourth-order valence-electron chi connectivity index (χ4n) is 1.43. The minimum Gasteiger partial charge on any atom is -0.432 e. The number of carbonyl (C=O) groups excluding carboxylic acids is 1. The third-order valence-electron chi connectivity index (χ3n) is 2.73. The van der Waals surface area contributed by atoms with Crippen molar-refractivity contribution in [2.24, 2.45) is 0 Å². The summed E-state index contributed by atoms with van der Waals surface area (Å²) in [5, 5.41) is 2.65. The van der Waals surface area contributed by atoms with E-state index < -0.39 is 0 Å². The Hall–Kier alpha value is -1.58. The van der Waals surface area contributed by atoms with Crippen molar-refractivity contribution in [1.29, 1.82) is 0 Å². The first-order valence-corrected chi connectivity index (χ1v) is 5.94. The van der Waals surface area contributed by atoms with E-state index in [-0.39, 0.29) is 11.9 Å². The van der Waals surface area contributed by atoms with Crippen molar-refractivity contribution >= 4 is 11.9 Å². The van der Waals surface area contributed by atoms with Crippen LogP contribution in [0.15, 0.2) is 21.8 Å². The summed E-state index contributed by atoms with van der Waals surface area (Å²) in [5.41, 5.74) is 2.62. The second-order valence-electron chi connectivity index (χ2n) is 4.26. The number of aryl methyl sites for hydroxylation is 1. The first kappa shape index (κ1) is 13.5. The number of anilines is 1. The summed E-state index contributed by atoms with van der Waals surface area (Å²) < 4.78 is 5.08. The van der Waals surface area contributed by atoms with Gasteiger partial charge >= 0.3 is 6.01 Å². The SMILES string of the molecule is CCCCC(C)=C(C)C(=O)Nc1nc(C)co1. The van der Waals surface area contributed by atoms with E-state index in [0.717, 1.165) is 36.1 Å². The quantitative estimate of drug-likeness (QED) is 0.797. The number of carbonyl (C=O) groups is 1. The van der Waals surface area contributed by atoms with Crippen LogP contribution in [0.5, 0.6) is 0 Å². The molecule has 1 rings (SSSR count). The molecule has 1 aromatic heterocycles. The molecular formula is C13H20N2O2. The second-order valence-corrected chi connectivity index (χ2v) is 4.26. The molecule has 1 heterocycles. The zero-order valence-corrected chi connectivity index (χ0v) is 11.0. The monoisotopic (exact) mass is 236 g/mol. The zero-order chi connectivity index (χ0) is 12.8. The lowest BCUT2D eigenvalue weighted by Gasteiger charge is -2.06. The van der Waals surface area contributed by atoms with E-state index in [2.05, 4.69) is 17.2 Å². The standard InChI is InChI=1S/C13H20N2O2/c1-5-6-7-9(2)11(4)12(16)15-13-14-10(3)8-17-13/h8H,5-7H2,1-4H3,(H,14,15,16). The highest BCUT2D eigenvalue weighted by molar-refractivity contribution is 6.02. The Kier molecular flexibility index (Phi) is 4.94. The fraction of sp³-hybridized carbons (Fsp3) is 0.538. The smallest absolute Gasteiger partial charge is 0.301 e. The minimum absolute atomic E-state index is 0.138. The summed E-state index contributed by atoms with van der Waals surface area (Å²) >= 11 is 0. The zero-order valence-electron chi connectivity index (χ0n) is 11.0. The topological polar surface area (TPSA) is 55.1 Å². The number of nitrogens with one attached hydrogen (secondary N) is 1.